The Balaban J connectivity index is 2.30. The molecule has 2 N–H and O–H groups in total. The number of esters is 1. The van der Waals surface area contributed by atoms with E-state index in [1.54, 1.807) is 0 Å². The smallest absolute Gasteiger partial charge is 0.318 e. The van der Waals surface area contributed by atoms with E-state index in [4.69, 9.17) is 4.74 Å². The lowest BCUT2D eigenvalue weighted by Gasteiger charge is -2.20. The third-order valence-electron chi connectivity index (χ3n) is 4.16. The zero-order valence-corrected chi connectivity index (χ0v) is 12.9. The number of benzene rings is 1. The first-order chi connectivity index (χ1) is 10.7. The topological polar surface area (TPSA) is 75.6 Å². The highest BCUT2D eigenvalue weighted by atomic mass is 16.5. The summed E-state index contributed by atoms with van der Waals surface area (Å²) in [5, 5.41) is 12.2. The molecule has 0 fully saturated rings. The quantitative estimate of drug-likeness (QED) is 0.636. The molecule has 2 atom stereocenters. The van der Waals surface area contributed by atoms with Gasteiger partial charge in [-0.25, -0.2) is 0 Å². The zero-order valence-electron chi connectivity index (χ0n) is 12.9. The van der Waals surface area contributed by atoms with Gasteiger partial charge >= 0.3 is 5.97 Å². The van der Waals surface area contributed by atoms with Crippen LogP contribution in [0.2, 0.25) is 0 Å². The van der Waals surface area contributed by atoms with Gasteiger partial charge in [0.15, 0.2) is 0 Å². The molecule has 1 amide bonds. The molecular weight excluding hydrogens is 282 g/mol. The van der Waals surface area contributed by atoms with Crippen molar-refractivity contribution in [1.82, 2.24) is 5.32 Å². The number of carbonyl (C=O) groups is 2. The van der Waals surface area contributed by atoms with Gasteiger partial charge in [0.25, 0.3) is 0 Å². The summed E-state index contributed by atoms with van der Waals surface area (Å²) in [6.45, 7) is -0.118. The average Bonchev–Trinajstić information content (AvgIpc) is 2.57. The van der Waals surface area contributed by atoms with Crippen LogP contribution in [0.3, 0.4) is 0 Å². The first-order valence-electron chi connectivity index (χ1n) is 7.71. The molecule has 1 aliphatic heterocycles. The fourth-order valence-electron chi connectivity index (χ4n) is 2.86. The molecule has 1 unspecified atom stereocenters. The summed E-state index contributed by atoms with van der Waals surface area (Å²) >= 11 is 0. The molecule has 1 aliphatic rings. The van der Waals surface area contributed by atoms with Crippen LogP contribution < -0.4 is 5.32 Å². The van der Waals surface area contributed by atoms with E-state index >= 15 is 0 Å². The van der Waals surface area contributed by atoms with E-state index in [2.05, 4.69) is 5.32 Å². The van der Waals surface area contributed by atoms with Crippen molar-refractivity contribution in [3.63, 3.8) is 0 Å². The molecule has 22 heavy (non-hydrogen) atoms. The van der Waals surface area contributed by atoms with Crippen molar-refractivity contribution in [3.8, 4) is 0 Å². The van der Waals surface area contributed by atoms with E-state index in [1.807, 2.05) is 24.3 Å². The standard InChI is InChI=1S/C17H23NO4/c1-22-17(21)15-10-13-8-3-2-6-12(13)7-4-5-9-14(11-19)18-16(15)20/h2-3,6,8,14-15,19H,4-5,7,9-11H2,1H3,(H,18,20)/t14-,15?/m0/s1. The summed E-state index contributed by atoms with van der Waals surface area (Å²) in [7, 11) is 1.29. The summed E-state index contributed by atoms with van der Waals surface area (Å²) in [6, 6.07) is 7.59. The predicted molar refractivity (Wildman–Crippen MR) is 82.2 cm³/mol. The molecule has 0 saturated carbocycles. The number of carbonyl (C=O) groups excluding carboxylic acids is 2. The second kappa shape index (κ2) is 7.94. The third kappa shape index (κ3) is 4.07. The SMILES string of the molecule is COC(=O)C1Cc2ccccc2CCCC[C@@H](CO)NC1=O. The number of rotatable bonds is 2. The van der Waals surface area contributed by atoms with Crippen LogP contribution >= 0.6 is 0 Å². The molecule has 0 spiro atoms. The number of fused-ring (bicyclic) bond motifs is 1. The predicted octanol–water partition coefficient (Wildman–Crippen LogP) is 1.22. The van der Waals surface area contributed by atoms with Crippen LogP contribution in [0, 0.1) is 5.92 Å². The summed E-state index contributed by atoms with van der Waals surface area (Å²) in [4.78, 5) is 24.4. The summed E-state index contributed by atoms with van der Waals surface area (Å²) in [5.41, 5.74) is 2.18. The minimum atomic E-state index is -0.877. The molecule has 1 aromatic carbocycles. The van der Waals surface area contributed by atoms with Gasteiger partial charge in [-0.15, -0.1) is 0 Å². The molecule has 0 radical (unpaired) electrons. The Kier molecular flexibility index (Phi) is 5.95. The Morgan fingerprint density at radius 3 is 2.73 bits per heavy atom. The first kappa shape index (κ1) is 16.5. The maximum Gasteiger partial charge on any atom is 0.318 e. The lowest BCUT2D eigenvalue weighted by atomic mass is 9.93. The number of aliphatic hydroxyl groups is 1. The minimum Gasteiger partial charge on any atom is -0.468 e. The van der Waals surface area contributed by atoms with Crippen LogP contribution in [-0.4, -0.2) is 36.7 Å². The molecule has 1 heterocycles. The Bertz CT molecular complexity index is 529. The van der Waals surface area contributed by atoms with E-state index < -0.39 is 11.9 Å². The van der Waals surface area contributed by atoms with Crippen molar-refractivity contribution < 1.29 is 19.4 Å². The van der Waals surface area contributed by atoms with Crippen LogP contribution in [0.5, 0.6) is 0 Å². The van der Waals surface area contributed by atoms with Crippen LogP contribution in [0.15, 0.2) is 24.3 Å². The molecule has 2 rings (SSSR count). The molecule has 0 aromatic heterocycles. The Morgan fingerprint density at radius 2 is 2.05 bits per heavy atom. The van der Waals surface area contributed by atoms with Gasteiger partial charge in [-0.05, 0) is 36.8 Å². The summed E-state index contributed by atoms with van der Waals surface area (Å²) in [6.07, 6.45) is 3.86. The van der Waals surface area contributed by atoms with Crippen LogP contribution in [0.4, 0.5) is 0 Å². The summed E-state index contributed by atoms with van der Waals surface area (Å²) in [5.74, 6) is -1.79. The number of hydrogen-bond donors (Lipinski definition) is 2. The zero-order chi connectivity index (χ0) is 15.9. The van der Waals surface area contributed by atoms with Crippen LogP contribution in [0.25, 0.3) is 0 Å². The lowest BCUT2D eigenvalue weighted by Crippen LogP contribution is -2.44. The fraction of sp³-hybridized carbons (Fsp3) is 0.529. The Morgan fingerprint density at radius 1 is 1.32 bits per heavy atom. The van der Waals surface area contributed by atoms with E-state index in [-0.39, 0.29) is 18.6 Å². The van der Waals surface area contributed by atoms with Gasteiger partial charge in [0.2, 0.25) is 5.91 Å². The fourth-order valence-corrected chi connectivity index (χ4v) is 2.86. The number of aryl methyl sites for hydroxylation is 1. The molecule has 0 bridgehead atoms. The third-order valence-corrected chi connectivity index (χ3v) is 4.16. The van der Waals surface area contributed by atoms with Crippen LogP contribution in [0.1, 0.15) is 30.4 Å². The molecule has 1 aromatic rings. The minimum absolute atomic E-state index is 0.118. The maximum absolute atomic E-state index is 12.4. The Labute approximate surface area is 130 Å². The van der Waals surface area contributed by atoms with Gasteiger partial charge in [0.05, 0.1) is 19.8 Å². The van der Waals surface area contributed by atoms with Gasteiger partial charge in [-0.2, -0.15) is 0 Å². The molecule has 120 valence electrons. The van der Waals surface area contributed by atoms with Crippen molar-refractivity contribution in [2.75, 3.05) is 13.7 Å². The van der Waals surface area contributed by atoms with E-state index in [1.165, 1.54) is 12.7 Å². The lowest BCUT2D eigenvalue weighted by molar-refractivity contribution is -0.150. The van der Waals surface area contributed by atoms with Crippen LogP contribution in [-0.2, 0) is 27.2 Å². The molecule has 5 nitrogen and oxygen atoms in total. The molecule has 0 aliphatic carbocycles. The van der Waals surface area contributed by atoms with E-state index in [9.17, 15) is 14.7 Å². The second-order valence-electron chi connectivity index (χ2n) is 5.68. The van der Waals surface area contributed by atoms with Crippen molar-refractivity contribution in [2.24, 2.45) is 5.92 Å². The van der Waals surface area contributed by atoms with Crippen molar-refractivity contribution >= 4 is 11.9 Å². The highest BCUT2D eigenvalue weighted by molar-refractivity contribution is 5.98. The van der Waals surface area contributed by atoms with Gasteiger partial charge in [-0.3, -0.25) is 9.59 Å². The molecular formula is C17H23NO4. The first-order valence-corrected chi connectivity index (χ1v) is 7.71. The highest BCUT2D eigenvalue weighted by Gasteiger charge is 2.30. The van der Waals surface area contributed by atoms with E-state index in [0.717, 1.165) is 24.8 Å². The highest BCUT2D eigenvalue weighted by Crippen LogP contribution is 2.20. The Hall–Kier alpha value is -1.88. The number of amides is 1. The number of nitrogens with one attached hydrogen (secondary N) is 1. The maximum atomic E-state index is 12.4. The number of hydrogen-bond acceptors (Lipinski definition) is 4. The van der Waals surface area contributed by atoms with Crippen molar-refractivity contribution in [2.45, 2.75) is 38.1 Å². The normalized spacial score (nSPS) is 22.9. The van der Waals surface area contributed by atoms with Gasteiger partial charge < -0.3 is 15.2 Å². The van der Waals surface area contributed by atoms with Gasteiger partial charge in [0, 0.05) is 0 Å². The monoisotopic (exact) mass is 305 g/mol. The summed E-state index contributed by atoms with van der Waals surface area (Å²) < 4.78 is 4.78. The van der Waals surface area contributed by atoms with Gasteiger partial charge in [-0.1, -0.05) is 30.7 Å². The van der Waals surface area contributed by atoms with Crippen molar-refractivity contribution in [1.29, 1.82) is 0 Å². The van der Waals surface area contributed by atoms with Crippen molar-refractivity contribution in [3.05, 3.63) is 35.4 Å². The largest absolute Gasteiger partial charge is 0.468 e. The molecule has 5 heteroatoms. The number of aliphatic hydroxyl groups excluding tert-OH is 1. The second-order valence-corrected chi connectivity index (χ2v) is 5.68. The average molecular weight is 305 g/mol. The molecule has 0 saturated heterocycles. The number of methoxy groups -OCH3 is 1. The number of ether oxygens (including phenoxy) is 1. The van der Waals surface area contributed by atoms with Gasteiger partial charge in [0.1, 0.15) is 5.92 Å². The van der Waals surface area contributed by atoms with E-state index in [0.29, 0.717) is 12.8 Å².